The normalized spacial score (nSPS) is 19.3. The van der Waals surface area contributed by atoms with Gasteiger partial charge in [-0.05, 0) is 38.5 Å². The predicted molar refractivity (Wildman–Crippen MR) is 120 cm³/mol. The van der Waals surface area contributed by atoms with Gasteiger partial charge in [-0.25, -0.2) is 4.79 Å². The van der Waals surface area contributed by atoms with Crippen LogP contribution in [0, 0.1) is 0 Å². The van der Waals surface area contributed by atoms with Crippen LogP contribution >= 0.6 is 0 Å². The van der Waals surface area contributed by atoms with E-state index in [1.54, 1.807) is 29.2 Å². The van der Waals surface area contributed by atoms with Crippen LogP contribution in [0.3, 0.4) is 0 Å². The van der Waals surface area contributed by atoms with E-state index in [-0.39, 0.29) is 24.4 Å². The fourth-order valence-electron chi connectivity index (χ4n) is 4.24. The number of rotatable bonds is 4. The summed E-state index contributed by atoms with van der Waals surface area (Å²) in [5.41, 5.74) is 1.38. The summed E-state index contributed by atoms with van der Waals surface area (Å²) < 4.78 is 5.62. The Labute approximate surface area is 188 Å². The van der Waals surface area contributed by atoms with E-state index in [0.717, 1.165) is 6.54 Å². The topological polar surface area (TPSA) is 70.2 Å². The van der Waals surface area contributed by atoms with Gasteiger partial charge in [-0.15, -0.1) is 0 Å². The van der Waals surface area contributed by atoms with Crippen molar-refractivity contribution in [2.75, 3.05) is 26.2 Å². The zero-order chi connectivity index (χ0) is 22.9. The molecule has 32 heavy (non-hydrogen) atoms. The number of benzene rings is 2. The molecule has 2 aromatic rings. The Morgan fingerprint density at radius 3 is 2.12 bits per heavy atom. The van der Waals surface area contributed by atoms with Gasteiger partial charge in [0.1, 0.15) is 5.60 Å². The molecule has 1 atom stereocenters. The minimum Gasteiger partial charge on any atom is -0.444 e. The smallest absolute Gasteiger partial charge is 0.410 e. The lowest BCUT2D eigenvalue weighted by Gasteiger charge is -2.42. The van der Waals surface area contributed by atoms with E-state index >= 15 is 0 Å². The number of carbonyl (C=O) groups excluding carboxylic acids is 3. The molecular formula is C25H29N3O4. The monoisotopic (exact) mass is 435 g/mol. The molecule has 0 bridgehead atoms. The molecule has 0 saturated carbocycles. The lowest BCUT2D eigenvalue weighted by molar-refractivity contribution is -0.00731. The molecule has 0 N–H and O–H groups in total. The predicted octanol–water partition coefficient (Wildman–Crippen LogP) is 3.40. The molecule has 2 aromatic carbocycles. The molecule has 4 rings (SSSR count). The quantitative estimate of drug-likeness (QED) is 0.689. The standard InChI is InChI=1S/C25H29N3O4/c1-25(2,3)32-24(31)27-14-13-26(15-18-9-5-4-6-10-18)16-19(27)17-28-22(29)20-11-7-8-12-21(20)23(28)30/h4-12,19H,13-17H2,1-3H3. The summed E-state index contributed by atoms with van der Waals surface area (Å²) in [7, 11) is 0. The highest BCUT2D eigenvalue weighted by Crippen LogP contribution is 2.25. The van der Waals surface area contributed by atoms with Gasteiger partial charge in [0.25, 0.3) is 11.8 Å². The van der Waals surface area contributed by atoms with E-state index in [0.29, 0.717) is 30.8 Å². The number of fused-ring (bicyclic) bond motifs is 1. The molecule has 1 unspecified atom stereocenters. The third-order valence-corrected chi connectivity index (χ3v) is 5.72. The van der Waals surface area contributed by atoms with Crippen molar-refractivity contribution in [3.63, 3.8) is 0 Å². The molecule has 0 radical (unpaired) electrons. The highest BCUT2D eigenvalue weighted by molar-refractivity contribution is 6.21. The van der Waals surface area contributed by atoms with Gasteiger partial charge in [0.05, 0.1) is 23.7 Å². The SMILES string of the molecule is CC(C)(C)OC(=O)N1CCN(Cc2ccccc2)CC1CN1C(=O)c2ccccc2C1=O. The van der Waals surface area contributed by atoms with Gasteiger partial charge in [0.2, 0.25) is 0 Å². The number of hydrogen-bond acceptors (Lipinski definition) is 5. The summed E-state index contributed by atoms with van der Waals surface area (Å²) in [6.45, 7) is 8.06. The molecule has 0 aromatic heterocycles. The van der Waals surface area contributed by atoms with Crippen LogP contribution in [0.4, 0.5) is 4.79 Å². The van der Waals surface area contributed by atoms with Gasteiger partial charge < -0.3 is 9.64 Å². The van der Waals surface area contributed by atoms with Gasteiger partial charge in [-0.3, -0.25) is 19.4 Å². The maximum Gasteiger partial charge on any atom is 0.410 e. The van der Waals surface area contributed by atoms with Crippen molar-refractivity contribution >= 4 is 17.9 Å². The maximum atomic E-state index is 12.9. The van der Waals surface area contributed by atoms with Gasteiger partial charge >= 0.3 is 6.09 Å². The van der Waals surface area contributed by atoms with Crippen molar-refractivity contribution < 1.29 is 19.1 Å². The lowest BCUT2D eigenvalue weighted by Crippen LogP contribution is -2.59. The third kappa shape index (κ3) is 4.67. The fraction of sp³-hybridized carbons (Fsp3) is 0.400. The van der Waals surface area contributed by atoms with Crippen molar-refractivity contribution in [1.29, 1.82) is 0 Å². The molecule has 7 nitrogen and oxygen atoms in total. The minimum absolute atomic E-state index is 0.136. The first kappa shape index (κ1) is 22.0. The fourth-order valence-corrected chi connectivity index (χ4v) is 4.24. The second-order valence-corrected chi connectivity index (χ2v) is 9.31. The summed E-state index contributed by atoms with van der Waals surface area (Å²) in [6, 6.07) is 16.6. The molecule has 3 amide bonds. The first-order valence-electron chi connectivity index (χ1n) is 10.9. The molecule has 0 aliphatic carbocycles. The molecule has 7 heteroatoms. The van der Waals surface area contributed by atoms with Gasteiger partial charge in [0.15, 0.2) is 0 Å². The molecule has 0 spiro atoms. The minimum atomic E-state index is -0.627. The number of ether oxygens (including phenoxy) is 1. The van der Waals surface area contributed by atoms with E-state index in [1.807, 2.05) is 39.0 Å². The zero-order valence-electron chi connectivity index (χ0n) is 18.8. The Balaban J connectivity index is 1.54. The average molecular weight is 436 g/mol. The summed E-state index contributed by atoms with van der Waals surface area (Å²) in [5.74, 6) is -0.621. The first-order valence-corrected chi connectivity index (χ1v) is 10.9. The Morgan fingerprint density at radius 1 is 0.938 bits per heavy atom. The molecule has 168 valence electrons. The zero-order valence-corrected chi connectivity index (χ0v) is 18.8. The largest absolute Gasteiger partial charge is 0.444 e. The van der Waals surface area contributed by atoms with Crippen LogP contribution in [-0.4, -0.2) is 70.4 Å². The number of carbonyl (C=O) groups is 3. The van der Waals surface area contributed by atoms with Crippen LogP contribution in [0.1, 0.15) is 47.1 Å². The van der Waals surface area contributed by atoms with Crippen LogP contribution in [0.25, 0.3) is 0 Å². The Kier molecular flexibility index (Phi) is 6.02. The Bertz CT molecular complexity index is 980. The van der Waals surface area contributed by atoms with E-state index in [2.05, 4.69) is 17.0 Å². The maximum absolute atomic E-state index is 12.9. The van der Waals surface area contributed by atoms with Gasteiger partial charge in [-0.2, -0.15) is 0 Å². The summed E-state index contributed by atoms with van der Waals surface area (Å²) >= 11 is 0. The molecular weight excluding hydrogens is 406 g/mol. The van der Waals surface area contributed by atoms with Crippen LogP contribution in [0.15, 0.2) is 54.6 Å². The van der Waals surface area contributed by atoms with Crippen molar-refractivity contribution in [3.8, 4) is 0 Å². The Morgan fingerprint density at radius 2 is 1.53 bits per heavy atom. The van der Waals surface area contributed by atoms with Gasteiger partial charge in [0, 0.05) is 26.2 Å². The van der Waals surface area contributed by atoms with E-state index in [1.165, 1.54) is 10.5 Å². The second-order valence-electron chi connectivity index (χ2n) is 9.31. The molecule has 2 aliphatic rings. The molecule has 1 fully saturated rings. The number of amides is 3. The number of imide groups is 1. The van der Waals surface area contributed by atoms with Crippen LogP contribution in [0.5, 0.6) is 0 Å². The second kappa shape index (κ2) is 8.74. The molecule has 2 aliphatic heterocycles. The number of piperazine rings is 1. The van der Waals surface area contributed by atoms with Crippen molar-refractivity contribution in [3.05, 3.63) is 71.3 Å². The summed E-state index contributed by atoms with van der Waals surface area (Å²) in [5, 5.41) is 0. The third-order valence-electron chi connectivity index (χ3n) is 5.72. The molecule has 2 heterocycles. The van der Waals surface area contributed by atoms with E-state index < -0.39 is 11.7 Å². The average Bonchev–Trinajstić information content (AvgIpc) is 2.98. The highest BCUT2D eigenvalue weighted by atomic mass is 16.6. The van der Waals surface area contributed by atoms with E-state index in [9.17, 15) is 14.4 Å². The van der Waals surface area contributed by atoms with Crippen LogP contribution in [-0.2, 0) is 11.3 Å². The van der Waals surface area contributed by atoms with Crippen molar-refractivity contribution in [1.82, 2.24) is 14.7 Å². The lowest BCUT2D eigenvalue weighted by atomic mass is 10.1. The van der Waals surface area contributed by atoms with E-state index in [4.69, 9.17) is 4.74 Å². The van der Waals surface area contributed by atoms with Gasteiger partial charge in [-0.1, -0.05) is 42.5 Å². The van der Waals surface area contributed by atoms with Crippen LogP contribution < -0.4 is 0 Å². The van der Waals surface area contributed by atoms with Crippen molar-refractivity contribution in [2.45, 2.75) is 39.0 Å². The Hall–Kier alpha value is -3.19. The number of hydrogen-bond donors (Lipinski definition) is 0. The highest BCUT2D eigenvalue weighted by Gasteiger charge is 2.40. The number of nitrogens with zero attached hydrogens (tertiary/aromatic N) is 3. The van der Waals surface area contributed by atoms with Crippen molar-refractivity contribution in [2.24, 2.45) is 0 Å². The first-order chi connectivity index (χ1) is 15.2. The summed E-state index contributed by atoms with van der Waals surface area (Å²) in [6.07, 6.45) is -0.418. The van der Waals surface area contributed by atoms with Crippen LogP contribution in [0.2, 0.25) is 0 Å². The molecule has 1 saturated heterocycles. The summed E-state index contributed by atoms with van der Waals surface area (Å²) in [4.78, 5) is 43.9.